The van der Waals surface area contributed by atoms with E-state index in [9.17, 15) is 25.2 Å². The lowest BCUT2D eigenvalue weighted by molar-refractivity contribution is -0.280. The number of hydrogen-bond donors (Lipinski definition) is 5. The van der Waals surface area contributed by atoms with Crippen molar-refractivity contribution in [1.82, 2.24) is 5.32 Å². The van der Waals surface area contributed by atoms with Crippen LogP contribution in [-0.4, -0.2) is 90.5 Å². The highest BCUT2D eigenvalue weighted by atomic mass is 16.6. The average molecular weight is 323 g/mol. The first-order valence-electron chi connectivity index (χ1n) is 7.18. The topological polar surface area (TPSA) is 138 Å². The summed E-state index contributed by atoms with van der Waals surface area (Å²) in [5.41, 5.74) is 0. The van der Waals surface area contributed by atoms with Crippen LogP contribution in [-0.2, 0) is 19.0 Å². The standard InChI is InChI=1S/C13H25NO8/c1-20-4-2-5-21-6-3-9(15)14-7-8-10(16)11(17)12(18)13(19)22-8/h8,10-13,16-19H,2-7H2,1H3,(H,14,15)/t8?,10-,11-,12?,13-/m0/s1. The van der Waals surface area contributed by atoms with Gasteiger partial charge in [0.1, 0.15) is 24.4 Å². The van der Waals surface area contributed by atoms with E-state index in [4.69, 9.17) is 14.2 Å². The minimum atomic E-state index is -1.61. The molecule has 1 fully saturated rings. The van der Waals surface area contributed by atoms with E-state index in [0.717, 1.165) is 6.42 Å². The Morgan fingerprint density at radius 3 is 2.50 bits per heavy atom. The normalized spacial score (nSPS) is 32.0. The van der Waals surface area contributed by atoms with E-state index >= 15 is 0 Å². The van der Waals surface area contributed by atoms with Gasteiger partial charge in [0.15, 0.2) is 6.29 Å². The molecule has 0 radical (unpaired) electrons. The Morgan fingerprint density at radius 2 is 1.82 bits per heavy atom. The molecule has 0 spiro atoms. The summed E-state index contributed by atoms with van der Waals surface area (Å²) in [7, 11) is 1.60. The molecular formula is C13H25NO8. The fraction of sp³-hybridized carbons (Fsp3) is 0.923. The Kier molecular flexibility index (Phi) is 8.79. The van der Waals surface area contributed by atoms with Crippen molar-refractivity contribution in [3.8, 4) is 0 Å². The van der Waals surface area contributed by atoms with E-state index in [1.54, 1.807) is 7.11 Å². The molecule has 5 N–H and O–H groups in total. The molecule has 1 aliphatic heterocycles. The predicted molar refractivity (Wildman–Crippen MR) is 73.8 cm³/mol. The molecule has 1 heterocycles. The van der Waals surface area contributed by atoms with Crippen LogP contribution in [0, 0.1) is 0 Å². The van der Waals surface area contributed by atoms with E-state index in [-0.39, 0.29) is 25.5 Å². The number of rotatable bonds is 9. The lowest BCUT2D eigenvalue weighted by atomic mass is 9.99. The van der Waals surface area contributed by atoms with Gasteiger partial charge in [-0.05, 0) is 6.42 Å². The zero-order chi connectivity index (χ0) is 16.5. The molecule has 1 saturated heterocycles. The van der Waals surface area contributed by atoms with Gasteiger partial charge in [-0.1, -0.05) is 0 Å². The molecule has 2 unspecified atom stereocenters. The summed E-state index contributed by atoms with van der Waals surface area (Å²) in [6, 6.07) is 0. The maximum Gasteiger partial charge on any atom is 0.222 e. The molecule has 0 aliphatic carbocycles. The molecule has 0 aromatic rings. The van der Waals surface area contributed by atoms with Crippen molar-refractivity contribution in [2.45, 2.75) is 43.5 Å². The fourth-order valence-electron chi connectivity index (χ4n) is 1.97. The zero-order valence-electron chi connectivity index (χ0n) is 12.6. The Balaban J connectivity index is 2.18. The molecule has 1 rings (SSSR count). The number of carbonyl (C=O) groups excluding carboxylic acids is 1. The molecule has 9 nitrogen and oxygen atoms in total. The second kappa shape index (κ2) is 10.1. The number of aliphatic hydroxyl groups excluding tert-OH is 4. The Labute approximate surface area is 128 Å². The van der Waals surface area contributed by atoms with E-state index in [1.165, 1.54) is 0 Å². The van der Waals surface area contributed by atoms with Gasteiger partial charge in [0.25, 0.3) is 0 Å². The molecule has 1 amide bonds. The number of methoxy groups -OCH3 is 1. The van der Waals surface area contributed by atoms with Crippen molar-refractivity contribution in [3.63, 3.8) is 0 Å². The first-order chi connectivity index (χ1) is 10.5. The first kappa shape index (κ1) is 19.2. The molecule has 0 saturated carbocycles. The summed E-state index contributed by atoms with van der Waals surface area (Å²) in [4.78, 5) is 11.6. The number of ether oxygens (including phenoxy) is 3. The van der Waals surface area contributed by atoms with E-state index in [1.807, 2.05) is 0 Å². The zero-order valence-corrected chi connectivity index (χ0v) is 12.6. The largest absolute Gasteiger partial charge is 0.388 e. The summed E-state index contributed by atoms with van der Waals surface area (Å²) in [5, 5.41) is 40.4. The summed E-state index contributed by atoms with van der Waals surface area (Å²) in [6.07, 6.45) is -6.23. The highest BCUT2D eigenvalue weighted by Gasteiger charge is 2.42. The summed E-state index contributed by atoms with van der Waals surface area (Å²) >= 11 is 0. The Morgan fingerprint density at radius 1 is 1.09 bits per heavy atom. The fourth-order valence-corrected chi connectivity index (χ4v) is 1.97. The van der Waals surface area contributed by atoms with Gasteiger partial charge in [-0.2, -0.15) is 0 Å². The predicted octanol–water partition coefficient (Wildman–Crippen LogP) is -2.65. The van der Waals surface area contributed by atoms with Crippen LogP contribution in [0.5, 0.6) is 0 Å². The number of carbonyl (C=O) groups is 1. The van der Waals surface area contributed by atoms with Gasteiger partial charge in [-0.15, -0.1) is 0 Å². The maximum atomic E-state index is 11.6. The highest BCUT2D eigenvalue weighted by Crippen LogP contribution is 2.19. The van der Waals surface area contributed by atoms with E-state index in [2.05, 4.69) is 5.32 Å². The van der Waals surface area contributed by atoms with Gasteiger partial charge in [-0.25, -0.2) is 0 Å². The van der Waals surface area contributed by atoms with E-state index in [0.29, 0.717) is 13.2 Å². The highest BCUT2D eigenvalue weighted by molar-refractivity contribution is 5.75. The van der Waals surface area contributed by atoms with Crippen LogP contribution in [0.3, 0.4) is 0 Å². The number of nitrogens with one attached hydrogen (secondary N) is 1. The van der Waals surface area contributed by atoms with Crippen LogP contribution in [0.4, 0.5) is 0 Å². The first-order valence-corrected chi connectivity index (χ1v) is 7.18. The van der Waals surface area contributed by atoms with Crippen LogP contribution in [0.25, 0.3) is 0 Å². The monoisotopic (exact) mass is 323 g/mol. The minimum absolute atomic E-state index is 0.0927. The maximum absolute atomic E-state index is 11.6. The third-order valence-electron chi connectivity index (χ3n) is 3.30. The quantitative estimate of drug-likeness (QED) is 0.290. The lowest BCUT2D eigenvalue weighted by Crippen LogP contribution is -2.60. The minimum Gasteiger partial charge on any atom is -0.388 e. The molecular weight excluding hydrogens is 298 g/mol. The summed E-state index contributed by atoms with van der Waals surface area (Å²) in [6.45, 7) is 1.26. The van der Waals surface area contributed by atoms with Crippen LogP contribution in [0.15, 0.2) is 0 Å². The Bertz CT molecular complexity index is 329. The summed E-state index contributed by atoms with van der Waals surface area (Å²) in [5.74, 6) is -0.308. The van der Waals surface area contributed by atoms with Gasteiger partial charge in [0.05, 0.1) is 6.61 Å². The van der Waals surface area contributed by atoms with Gasteiger partial charge in [0, 0.05) is 33.3 Å². The average Bonchev–Trinajstić information content (AvgIpc) is 2.51. The van der Waals surface area contributed by atoms with Crippen LogP contribution < -0.4 is 5.32 Å². The van der Waals surface area contributed by atoms with Gasteiger partial charge in [0.2, 0.25) is 5.91 Å². The molecule has 1 aliphatic rings. The third kappa shape index (κ3) is 6.13. The van der Waals surface area contributed by atoms with Crippen molar-refractivity contribution in [1.29, 1.82) is 0 Å². The third-order valence-corrected chi connectivity index (χ3v) is 3.30. The Hall–Kier alpha value is -0.810. The number of aliphatic hydroxyl groups is 4. The second-order valence-corrected chi connectivity index (χ2v) is 5.05. The molecule has 0 aromatic heterocycles. The lowest BCUT2D eigenvalue weighted by Gasteiger charge is -2.38. The SMILES string of the molecule is COCCCOCCC(=O)NCC1O[C@H](O)C(O)[C@@H](O)[C@H]1O. The van der Waals surface area contributed by atoms with Gasteiger partial charge < -0.3 is 40.0 Å². The molecule has 5 atom stereocenters. The van der Waals surface area contributed by atoms with Crippen LogP contribution >= 0.6 is 0 Å². The molecule has 9 heteroatoms. The van der Waals surface area contributed by atoms with Crippen molar-refractivity contribution in [3.05, 3.63) is 0 Å². The molecule has 0 bridgehead atoms. The second-order valence-electron chi connectivity index (χ2n) is 5.05. The van der Waals surface area contributed by atoms with Crippen LogP contribution in [0.2, 0.25) is 0 Å². The number of amides is 1. The van der Waals surface area contributed by atoms with Crippen molar-refractivity contribution >= 4 is 5.91 Å². The van der Waals surface area contributed by atoms with Crippen molar-refractivity contribution in [2.24, 2.45) is 0 Å². The van der Waals surface area contributed by atoms with Crippen molar-refractivity contribution in [2.75, 3.05) is 33.5 Å². The van der Waals surface area contributed by atoms with Gasteiger partial charge >= 0.3 is 0 Å². The van der Waals surface area contributed by atoms with Crippen LogP contribution in [0.1, 0.15) is 12.8 Å². The van der Waals surface area contributed by atoms with E-state index < -0.39 is 30.7 Å². The smallest absolute Gasteiger partial charge is 0.222 e. The summed E-state index contributed by atoms with van der Waals surface area (Å²) < 4.78 is 15.0. The van der Waals surface area contributed by atoms with Gasteiger partial charge in [-0.3, -0.25) is 4.79 Å². The molecule has 22 heavy (non-hydrogen) atoms. The number of hydrogen-bond acceptors (Lipinski definition) is 8. The molecule has 130 valence electrons. The molecule has 0 aromatic carbocycles. The van der Waals surface area contributed by atoms with Crippen molar-refractivity contribution < 1.29 is 39.4 Å².